The summed E-state index contributed by atoms with van der Waals surface area (Å²) in [6.07, 6.45) is 2.83. The van der Waals surface area contributed by atoms with Crippen molar-refractivity contribution in [1.29, 1.82) is 0 Å². The van der Waals surface area contributed by atoms with Crippen molar-refractivity contribution < 1.29 is 9.90 Å². The van der Waals surface area contributed by atoms with E-state index in [-0.39, 0.29) is 5.92 Å². The molecule has 0 aromatic rings. The Morgan fingerprint density at radius 3 is 2.38 bits per heavy atom. The molecule has 0 aliphatic carbocycles. The number of rotatable bonds is 6. The van der Waals surface area contributed by atoms with Crippen LogP contribution in [0.4, 0.5) is 0 Å². The molecule has 0 rings (SSSR count). The van der Waals surface area contributed by atoms with Crippen molar-refractivity contribution in [3.63, 3.8) is 0 Å². The van der Waals surface area contributed by atoms with E-state index in [4.69, 9.17) is 16.2 Å². The second-order valence-corrected chi connectivity index (χ2v) is 11.2. The van der Waals surface area contributed by atoms with Crippen LogP contribution in [0.2, 0.25) is 19.1 Å². The largest absolute Gasteiger partial charge is 0.481 e. The van der Waals surface area contributed by atoms with Gasteiger partial charge in [0.2, 0.25) is 0 Å². The van der Waals surface area contributed by atoms with Gasteiger partial charge in [-0.25, -0.2) is 0 Å². The molecule has 0 amide bonds. The Morgan fingerprint density at radius 1 is 1.46 bits per heavy atom. The van der Waals surface area contributed by atoms with Gasteiger partial charge in [-0.1, -0.05) is 32.9 Å². The number of carboxylic acid groups (broad SMARTS) is 1. The smallest absolute Gasteiger partial charge is 0.306 e. The Kier molecular flexibility index (Phi) is 5.64. The predicted octanol–water partition coefficient (Wildman–Crippen LogP) is 3.32. The number of hydrogen-bond donors (Lipinski definition) is 1. The van der Waals surface area contributed by atoms with E-state index in [1.807, 2.05) is 0 Å². The molecule has 0 saturated heterocycles. The van der Waals surface area contributed by atoms with Gasteiger partial charge in [0.1, 0.15) is 7.38 Å². The van der Waals surface area contributed by atoms with Crippen molar-refractivity contribution in [3.05, 3.63) is 0 Å². The average molecular weight is 223 g/mol. The summed E-state index contributed by atoms with van der Waals surface area (Å²) < 4.78 is 0. The molecular weight excluding hydrogens is 204 g/mol. The third kappa shape index (κ3) is 8.31. The van der Waals surface area contributed by atoms with E-state index in [0.717, 1.165) is 25.3 Å². The average Bonchev–Trinajstić information content (AvgIpc) is 1.95. The van der Waals surface area contributed by atoms with Gasteiger partial charge in [-0.2, -0.15) is 11.1 Å². The normalized spacial score (nSPS) is 14.2. The first-order chi connectivity index (χ1) is 5.83. The number of hydrogen-bond acceptors (Lipinski definition) is 1. The Morgan fingerprint density at radius 2 is 2.00 bits per heavy atom. The zero-order valence-corrected chi connectivity index (χ0v) is 10.4. The molecule has 0 aliphatic rings. The topological polar surface area (TPSA) is 37.3 Å². The van der Waals surface area contributed by atoms with Crippen LogP contribution >= 0.6 is 11.1 Å². The first-order valence-electron chi connectivity index (χ1n) is 4.74. The fourth-order valence-corrected chi connectivity index (χ4v) is 2.61. The maximum atomic E-state index is 10.5. The quantitative estimate of drug-likeness (QED) is 0.425. The highest BCUT2D eigenvalue weighted by molar-refractivity contribution is 7.19. The summed E-state index contributed by atoms with van der Waals surface area (Å²) in [5, 5.41) is 8.62. The fourth-order valence-electron chi connectivity index (χ4n) is 1.12. The molecule has 0 aromatic heterocycles. The SMILES string of the molecule is CC(CCCC[Si](C)(C)Cl)C(=O)O. The minimum absolute atomic E-state index is 0.208. The lowest BCUT2D eigenvalue weighted by Gasteiger charge is -2.12. The molecule has 0 heterocycles. The van der Waals surface area contributed by atoms with Crippen LogP contribution in [0.15, 0.2) is 0 Å². The lowest BCUT2D eigenvalue weighted by atomic mass is 10.1. The van der Waals surface area contributed by atoms with Crippen LogP contribution in [0.1, 0.15) is 26.2 Å². The van der Waals surface area contributed by atoms with Gasteiger partial charge in [-0.05, 0) is 12.5 Å². The number of unbranched alkanes of at least 4 members (excludes halogenated alkanes) is 1. The van der Waals surface area contributed by atoms with Crippen LogP contribution in [0, 0.1) is 5.92 Å². The Hall–Kier alpha value is -0.0231. The summed E-state index contributed by atoms with van der Waals surface area (Å²) in [4.78, 5) is 10.5. The number of aliphatic carboxylic acids is 1. The highest BCUT2D eigenvalue weighted by Gasteiger charge is 2.16. The lowest BCUT2D eigenvalue weighted by molar-refractivity contribution is -0.141. The molecule has 4 heteroatoms. The third-order valence-electron chi connectivity index (χ3n) is 2.08. The standard InChI is InChI=1S/C9H19ClO2Si/c1-8(9(11)12)6-4-5-7-13(2,3)10/h8H,4-7H2,1-3H3,(H,11,12). The molecule has 0 fully saturated rings. The molecule has 13 heavy (non-hydrogen) atoms. The molecule has 0 saturated carbocycles. The molecule has 0 aliphatic heterocycles. The van der Waals surface area contributed by atoms with Crippen molar-refractivity contribution in [1.82, 2.24) is 0 Å². The Labute approximate surface area is 86.0 Å². The number of carbonyl (C=O) groups is 1. The molecule has 0 radical (unpaired) electrons. The fraction of sp³-hybridized carbons (Fsp3) is 0.889. The van der Waals surface area contributed by atoms with Crippen LogP contribution in [0.3, 0.4) is 0 Å². The molecule has 1 N–H and O–H groups in total. The van der Waals surface area contributed by atoms with E-state index in [0.29, 0.717) is 0 Å². The van der Waals surface area contributed by atoms with Gasteiger partial charge in [-0.15, -0.1) is 0 Å². The first kappa shape index (κ1) is 13.0. The highest BCUT2D eigenvalue weighted by Crippen LogP contribution is 2.19. The lowest BCUT2D eigenvalue weighted by Crippen LogP contribution is -2.15. The molecule has 78 valence electrons. The maximum absolute atomic E-state index is 10.5. The monoisotopic (exact) mass is 222 g/mol. The minimum Gasteiger partial charge on any atom is -0.481 e. The summed E-state index contributed by atoms with van der Waals surface area (Å²) in [6, 6.07) is 1.08. The summed E-state index contributed by atoms with van der Waals surface area (Å²) in [7, 11) is -1.43. The maximum Gasteiger partial charge on any atom is 0.306 e. The van der Waals surface area contributed by atoms with Gasteiger partial charge in [0.05, 0.1) is 5.92 Å². The van der Waals surface area contributed by atoms with Crippen molar-refractivity contribution in [2.75, 3.05) is 0 Å². The van der Waals surface area contributed by atoms with Crippen LogP contribution in [-0.4, -0.2) is 18.5 Å². The summed E-state index contributed by atoms with van der Waals surface area (Å²) in [6.45, 7) is 6.00. The zero-order chi connectivity index (χ0) is 10.5. The number of halogens is 1. The number of carboxylic acids is 1. The molecule has 0 bridgehead atoms. The van der Waals surface area contributed by atoms with E-state index >= 15 is 0 Å². The summed E-state index contributed by atoms with van der Waals surface area (Å²) >= 11 is 6.13. The molecule has 0 spiro atoms. The Balaban J connectivity index is 3.41. The van der Waals surface area contributed by atoms with E-state index in [1.165, 1.54) is 0 Å². The highest BCUT2D eigenvalue weighted by atomic mass is 35.6. The first-order valence-corrected chi connectivity index (χ1v) is 8.96. The second-order valence-electron chi connectivity index (χ2n) is 4.20. The van der Waals surface area contributed by atoms with Gasteiger partial charge in [0.15, 0.2) is 0 Å². The van der Waals surface area contributed by atoms with Crippen molar-refractivity contribution >= 4 is 24.4 Å². The predicted molar refractivity (Wildman–Crippen MR) is 58.8 cm³/mol. The molecule has 0 aromatic carbocycles. The van der Waals surface area contributed by atoms with Crippen LogP contribution in [-0.2, 0) is 4.79 Å². The van der Waals surface area contributed by atoms with Gasteiger partial charge >= 0.3 is 5.97 Å². The summed E-state index contributed by atoms with van der Waals surface area (Å²) in [5.41, 5.74) is 0. The zero-order valence-electron chi connectivity index (χ0n) is 8.64. The van der Waals surface area contributed by atoms with E-state index in [9.17, 15) is 4.79 Å². The van der Waals surface area contributed by atoms with Gasteiger partial charge in [0, 0.05) is 0 Å². The van der Waals surface area contributed by atoms with Gasteiger partial charge in [-0.3, -0.25) is 4.79 Å². The van der Waals surface area contributed by atoms with Crippen molar-refractivity contribution in [2.45, 2.75) is 45.3 Å². The second kappa shape index (κ2) is 5.65. The molecule has 1 atom stereocenters. The van der Waals surface area contributed by atoms with Gasteiger partial charge < -0.3 is 5.11 Å². The van der Waals surface area contributed by atoms with E-state index in [1.54, 1.807) is 6.92 Å². The minimum atomic E-state index is -1.43. The van der Waals surface area contributed by atoms with Crippen LogP contribution < -0.4 is 0 Å². The van der Waals surface area contributed by atoms with Crippen molar-refractivity contribution in [3.8, 4) is 0 Å². The van der Waals surface area contributed by atoms with E-state index in [2.05, 4.69) is 13.1 Å². The molecule has 1 unspecified atom stereocenters. The van der Waals surface area contributed by atoms with E-state index < -0.39 is 13.4 Å². The van der Waals surface area contributed by atoms with Crippen LogP contribution in [0.25, 0.3) is 0 Å². The Bertz CT molecular complexity index is 165. The third-order valence-corrected chi connectivity index (χ3v) is 4.19. The van der Waals surface area contributed by atoms with Crippen LogP contribution in [0.5, 0.6) is 0 Å². The van der Waals surface area contributed by atoms with Gasteiger partial charge in [0.25, 0.3) is 0 Å². The van der Waals surface area contributed by atoms with Crippen molar-refractivity contribution in [2.24, 2.45) is 5.92 Å². The molecule has 2 nitrogen and oxygen atoms in total. The summed E-state index contributed by atoms with van der Waals surface area (Å²) in [5.74, 6) is -0.900. The molecular formula is C9H19ClO2Si.